The van der Waals surface area contributed by atoms with Crippen molar-refractivity contribution in [1.29, 1.82) is 0 Å². The van der Waals surface area contributed by atoms with Gasteiger partial charge in [-0.05, 0) is 38.4 Å². The van der Waals surface area contributed by atoms with Crippen LogP contribution in [0.5, 0.6) is 0 Å². The van der Waals surface area contributed by atoms with Crippen LogP contribution >= 0.6 is 0 Å². The van der Waals surface area contributed by atoms with Crippen molar-refractivity contribution in [3.8, 4) is 0 Å². The zero-order valence-electron chi connectivity index (χ0n) is 20.9. The fraction of sp³-hybridized carbons (Fsp3) is 0.167. The Hall–Kier alpha value is -4.77. The van der Waals surface area contributed by atoms with E-state index in [0.29, 0.717) is 33.4 Å². The van der Waals surface area contributed by atoms with Crippen LogP contribution in [0.2, 0.25) is 0 Å². The van der Waals surface area contributed by atoms with Gasteiger partial charge >= 0.3 is 0 Å². The molecule has 3 heterocycles. The lowest BCUT2D eigenvalue weighted by Gasteiger charge is -2.16. The average molecular weight is 532 g/mol. The van der Waals surface area contributed by atoms with E-state index in [-0.39, 0.29) is 13.0 Å². The second-order valence-electron chi connectivity index (χ2n) is 10.2. The van der Waals surface area contributed by atoms with Crippen molar-refractivity contribution in [1.82, 2.24) is 19.5 Å². The molecule has 1 aliphatic rings. The maximum atomic E-state index is 13.1. The summed E-state index contributed by atoms with van der Waals surface area (Å²) in [6.07, 6.45) is 1.14. The van der Waals surface area contributed by atoms with E-state index < -0.39 is 29.3 Å². The number of imidazole rings is 1. The highest BCUT2D eigenvalue weighted by Gasteiger charge is 2.35. The largest absolute Gasteiger partial charge is 0.394 e. The van der Waals surface area contributed by atoms with E-state index in [0.717, 1.165) is 32.3 Å². The third kappa shape index (κ3) is 3.18. The summed E-state index contributed by atoms with van der Waals surface area (Å²) < 4.78 is 7.48. The second kappa shape index (κ2) is 8.36. The molecule has 8 rings (SSSR count). The molecule has 5 aromatic carbocycles. The fourth-order valence-corrected chi connectivity index (χ4v) is 6.11. The van der Waals surface area contributed by atoms with Gasteiger partial charge in [0.1, 0.15) is 18.7 Å². The Morgan fingerprint density at radius 2 is 1.73 bits per heavy atom. The summed E-state index contributed by atoms with van der Waals surface area (Å²) in [5, 5.41) is 30.0. The highest BCUT2D eigenvalue weighted by molar-refractivity contribution is 6.30. The molecule has 0 saturated carbocycles. The SMILES string of the molecule is O=c1cc(Nc2ncnc3c2ncn3[C@H]2C[C@H](O)[C@@H](CO)O2)c2c(cc3ccc4cccc5ccc2c3c45)c1=O. The maximum absolute atomic E-state index is 13.1. The number of aliphatic hydroxyl groups excluding tert-OH is 2. The molecule has 1 fully saturated rings. The molecule has 1 aliphatic heterocycles. The predicted molar refractivity (Wildman–Crippen MR) is 152 cm³/mol. The normalized spacial score (nSPS) is 19.6. The van der Waals surface area contributed by atoms with Crippen LogP contribution in [0.25, 0.3) is 54.3 Å². The minimum Gasteiger partial charge on any atom is -0.394 e. The molecule has 0 aliphatic carbocycles. The zero-order chi connectivity index (χ0) is 27.1. The first kappa shape index (κ1) is 23.1. The third-order valence-electron chi connectivity index (χ3n) is 7.97. The van der Waals surface area contributed by atoms with E-state index in [4.69, 9.17) is 4.74 Å². The lowest BCUT2D eigenvalue weighted by molar-refractivity contribution is -0.0432. The van der Waals surface area contributed by atoms with Crippen molar-refractivity contribution in [2.24, 2.45) is 0 Å². The van der Waals surface area contributed by atoms with Gasteiger partial charge in [-0.2, -0.15) is 0 Å². The monoisotopic (exact) mass is 531 g/mol. The molecule has 2 aromatic heterocycles. The lowest BCUT2D eigenvalue weighted by Crippen LogP contribution is -2.24. The summed E-state index contributed by atoms with van der Waals surface area (Å²) in [6, 6.07) is 17.3. The van der Waals surface area contributed by atoms with Crippen LogP contribution in [0.3, 0.4) is 0 Å². The molecule has 10 heteroatoms. The van der Waals surface area contributed by atoms with Gasteiger partial charge in [0.15, 0.2) is 17.0 Å². The molecule has 10 nitrogen and oxygen atoms in total. The molecule has 0 radical (unpaired) electrons. The van der Waals surface area contributed by atoms with Gasteiger partial charge in [0.2, 0.25) is 10.9 Å². The van der Waals surface area contributed by atoms with Crippen LogP contribution in [-0.2, 0) is 4.74 Å². The van der Waals surface area contributed by atoms with Crippen molar-refractivity contribution >= 4 is 65.8 Å². The number of aliphatic hydroxyl groups is 2. The van der Waals surface area contributed by atoms with Gasteiger partial charge in [0.05, 0.1) is 24.7 Å². The fourth-order valence-electron chi connectivity index (χ4n) is 6.11. The van der Waals surface area contributed by atoms with Crippen LogP contribution < -0.4 is 16.2 Å². The van der Waals surface area contributed by atoms with Crippen molar-refractivity contribution in [3.63, 3.8) is 0 Å². The molecular weight excluding hydrogens is 510 g/mol. The number of rotatable bonds is 4. The van der Waals surface area contributed by atoms with E-state index in [1.807, 2.05) is 30.3 Å². The van der Waals surface area contributed by atoms with Crippen molar-refractivity contribution < 1.29 is 14.9 Å². The third-order valence-corrected chi connectivity index (χ3v) is 7.97. The van der Waals surface area contributed by atoms with Gasteiger partial charge < -0.3 is 20.3 Å². The molecule has 7 aromatic rings. The summed E-state index contributed by atoms with van der Waals surface area (Å²) in [5.41, 5.74) is 0.154. The van der Waals surface area contributed by atoms with E-state index in [1.165, 1.54) is 12.4 Å². The number of nitrogens with one attached hydrogen (secondary N) is 1. The van der Waals surface area contributed by atoms with Crippen molar-refractivity contribution in [2.45, 2.75) is 24.9 Å². The molecule has 40 heavy (non-hydrogen) atoms. The number of hydrogen-bond acceptors (Lipinski definition) is 9. The van der Waals surface area contributed by atoms with E-state index in [2.05, 4.69) is 32.4 Å². The van der Waals surface area contributed by atoms with E-state index >= 15 is 0 Å². The van der Waals surface area contributed by atoms with Gasteiger partial charge in [0.25, 0.3) is 0 Å². The van der Waals surface area contributed by atoms with Crippen LogP contribution in [0.4, 0.5) is 11.5 Å². The van der Waals surface area contributed by atoms with Crippen LogP contribution in [0.1, 0.15) is 12.6 Å². The summed E-state index contributed by atoms with van der Waals surface area (Å²) in [4.78, 5) is 39.2. The number of aromatic nitrogens is 4. The van der Waals surface area contributed by atoms with Crippen molar-refractivity contribution in [3.05, 3.63) is 87.7 Å². The zero-order valence-corrected chi connectivity index (χ0v) is 20.9. The summed E-state index contributed by atoms with van der Waals surface area (Å²) in [6.45, 7) is -0.297. The number of nitrogens with zero attached hydrogens (tertiary/aromatic N) is 4. The first-order valence-electron chi connectivity index (χ1n) is 12.9. The molecule has 1 saturated heterocycles. The molecule has 0 amide bonds. The first-order chi connectivity index (χ1) is 19.5. The molecule has 0 spiro atoms. The highest BCUT2D eigenvalue weighted by atomic mass is 16.5. The Morgan fingerprint density at radius 3 is 2.52 bits per heavy atom. The second-order valence-corrected chi connectivity index (χ2v) is 10.2. The topological polar surface area (TPSA) is 139 Å². The smallest absolute Gasteiger partial charge is 0.233 e. The average Bonchev–Trinajstić information content (AvgIpc) is 3.57. The molecule has 196 valence electrons. The molecule has 3 N–H and O–H groups in total. The molecule has 3 atom stereocenters. The number of anilines is 2. The quantitative estimate of drug-likeness (QED) is 0.177. The highest BCUT2D eigenvalue weighted by Crippen LogP contribution is 2.40. The van der Waals surface area contributed by atoms with Gasteiger partial charge in [-0.3, -0.25) is 14.2 Å². The van der Waals surface area contributed by atoms with E-state index in [1.54, 1.807) is 17.0 Å². The number of benzene rings is 5. The summed E-state index contributed by atoms with van der Waals surface area (Å²) in [7, 11) is 0. The molecule has 0 unspecified atom stereocenters. The Balaban J connectivity index is 1.34. The van der Waals surface area contributed by atoms with Gasteiger partial charge in [-0.15, -0.1) is 0 Å². The van der Waals surface area contributed by atoms with Crippen molar-refractivity contribution in [2.75, 3.05) is 11.9 Å². The Morgan fingerprint density at radius 1 is 0.925 bits per heavy atom. The standard InChI is InChI=1S/C30H21N5O5/c36-11-22-20(37)10-23(40-22)35-13-33-27-29(31-12-32-30(27)35)34-19-9-21(38)28(39)18-8-16-5-4-14-2-1-3-15-6-7-17(26(18)19)25(16)24(14)15/h1-9,12-13,20,22-23,36-37H,10-11H2,(H,31,32,34)/t20-,22+,23+/m0/s1. The van der Waals surface area contributed by atoms with Gasteiger partial charge in [-0.1, -0.05) is 42.5 Å². The van der Waals surface area contributed by atoms with Crippen LogP contribution in [-0.4, -0.2) is 48.5 Å². The number of fused-ring (bicyclic) bond motifs is 3. The first-order valence-corrected chi connectivity index (χ1v) is 12.9. The number of ether oxygens (including phenoxy) is 1. The minimum atomic E-state index is -0.809. The van der Waals surface area contributed by atoms with E-state index in [9.17, 15) is 19.8 Å². The van der Waals surface area contributed by atoms with Gasteiger partial charge in [-0.25, -0.2) is 15.0 Å². The summed E-state index contributed by atoms with van der Waals surface area (Å²) >= 11 is 0. The van der Waals surface area contributed by atoms with Gasteiger partial charge in [0, 0.05) is 23.3 Å². The maximum Gasteiger partial charge on any atom is 0.233 e. The Labute approximate surface area is 224 Å². The van der Waals surface area contributed by atoms with Crippen LogP contribution in [0, 0.1) is 0 Å². The molecular formula is C30H21N5O5. The number of hydrogen-bond donors (Lipinski definition) is 3. The Kier molecular flexibility index (Phi) is 4.84. The van der Waals surface area contributed by atoms with Crippen LogP contribution in [0.15, 0.2) is 76.8 Å². The molecule has 0 bridgehead atoms. The Bertz CT molecular complexity index is 2220. The minimum absolute atomic E-state index is 0.275. The lowest BCUT2D eigenvalue weighted by atomic mass is 9.90. The predicted octanol–water partition coefficient (Wildman–Crippen LogP) is 3.42. The summed E-state index contributed by atoms with van der Waals surface area (Å²) in [5.74, 6) is 0.353.